The molecule has 0 fully saturated rings. The number of nitrogens with one attached hydrogen (secondary N) is 1. The van der Waals surface area contributed by atoms with Crippen LogP contribution in [0.25, 0.3) is 11.3 Å². The fourth-order valence-corrected chi connectivity index (χ4v) is 2.31. The molecule has 0 unspecified atom stereocenters. The van der Waals surface area contributed by atoms with Gasteiger partial charge in [-0.05, 0) is 18.2 Å². The summed E-state index contributed by atoms with van der Waals surface area (Å²) in [6.45, 7) is 0.364. The van der Waals surface area contributed by atoms with E-state index in [1.54, 1.807) is 36.9 Å². The molecule has 1 amide bonds. The van der Waals surface area contributed by atoms with E-state index in [1.165, 1.54) is 6.33 Å². The highest BCUT2D eigenvalue weighted by Gasteiger charge is 2.17. The molecule has 0 saturated heterocycles. The minimum Gasteiger partial charge on any atom is -0.497 e. The third kappa shape index (κ3) is 3.12. The molecule has 0 atom stereocenters. The minimum atomic E-state index is -0.167. The lowest BCUT2D eigenvalue weighted by Crippen LogP contribution is -2.27. The zero-order valence-electron chi connectivity index (χ0n) is 13.7. The second kappa shape index (κ2) is 6.53. The molecule has 24 heavy (non-hydrogen) atoms. The largest absolute Gasteiger partial charge is 0.497 e. The zero-order chi connectivity index (χ0) is 17.1. The molecule has 0 bridgehead atoms. The quantitative estimate of drug-likeness (QED) is 0.767. The maximum Gasteiger partial charge on any atom is 0.272 e. The standard InChI is InChI=1S/C16H18N6O2/c1-21(9-15-17-10-18-22(15)2)16(23)14-8-13(19-20-14)11-5-4-6-12(7-11)24-3/h4-8,10H,9H2,1-3H3,(H,19,20). The van der Waals surface area contributed by atoms with E-state index in [4.69, 9.17) is 4.74 Å². The molecular formula is C16H18N6O2. The van der Waals surface area contributed by atoms with E-state index in [0.29, 0.717) is 23.8 Å². The molecule has 1 N–H and O–H groups in total. The number of carbonyl (C=O) groups is 1. The monoisotopic (exact) mass is 326 g/mol. The number of aromatic nitrogens is 5. The third-order valence-corrected chi connectivity index (χ3v) is 3.70. The van der Waals surface area contributed by atoms with E-state index in [2.05, 4.69) is 20.3 Å². The van der Waals surface area contributed by atoms with Crippen molar-refractivity contribution in [3.8, 4) is 17.0 Å². The number of amides is 1. The number of hydrogen-bond acceptors (Lipinski definition) is 5. The highest BCUT2D eigenvalue weighted by atomic mass is 16.5. The number of methoxy groups -OCH3 is 1. The van der Waals surface area contributed by atoms with Gasteiger partial charge in [-0.15, -0.1) is 0 Å². The lowest BCUT2D eigenvalue weighted by atomic mass is 10.1. The molecule has 3 rings (SSSR count). The molecule has 0 aliphatic heterocycles. The van der Waals surface area contributed by atoms with Crippen LogP contribution >= 0.6 is 0 Å². The predicted octanol–water partition coefficient (Wildman–Crippen LogP) is 1.49. The average Bonchev–Trinajstić information content (AvgIpc) is 3.24. The van der Waals surface area contributed by atoms with Gasteiger partial charge >= 0.3 is 0 Å². The summed E-state index contributed by atoms with van der Waals surface area (Å²) < 4.78 is 6.85. The summed E-state index contributed by atoms with van der Waals surface area (Å²) in [5, 5.41) is 11.0. The Kier molecular flexibility index (Phi) is 4.28. The smallest absolute Gasteiger partial charge is 0.272 e. The van der Waals surface area contributed by atoms with Crippen molar-refractivity contribution in [2.75, 3.05) is 14.2 Å². The van der Waals surface area contributed by atoms with Gasteiger partial charge in [-0.3, -0.25) is 14.6 Å². The second-order valence-corrected chi connectivity index (χ2v) is 5.36. The van der Waals surface area contributed by atoms with Crippen molar-refractivity contribution in [1.82, 2.24) is 29.9 Å². The van der Waals surface area contributed by atoms with Crippen molar-refractivity contribution < 1.29 is 9.53 Å². The summed E-state index contributed by atoms with van der Waals surface area (Å²) in [6, 6.07) is 9.25. The summed E-state index contributed by atoms with van der Waals surface area (Å²) in [5.74, 6) is 1.28. The normalized spacial score (nSPS) is 10.6. The van der Waals surface area contributed by atoms with Crippen molar-refractivity contribution in [3.63, 3.8) is 0 Å². The number of hydrogen-bond donors (Lipinski definition) is 1. The Morgan fingerprint density at radius 2 is 2.21 bits per heavy atom. The van der Waals surface area contributed by atoms with Gasteiger partial charge in [-0.1, -0.05) is 12.1 Å². The van der Waals surface area contributed by atoms with Crippen molar-refractivity contribution in [2.45, 2.75) is 6.54 Å². The summed E-state index contributed by atoms with van der Waals surface area (Å²) in [4.78, 5) is 18.2. The highest BCUT2D eigenvalue weighted by Crippen LogP contribution is 2.22. The van der Waals surface area contributed by atoms with Gasteiger partial charge in [0.05, 0.1) is 19.3 Å². The van der Waals surface area contributed by atoms with Crippen LogP contribution in [-0.2, 0) is 13.6 Å². The Bertz CT molecular complexity index is 854. The van der Waals surface area contributed by atoms with Gasteiger partial charge in [-0.2, -0.15) is 10.2 Å². The van der Waals surface area contributed by atoms with Crippen LogP contribution in [0.15, 0.2) is 36.7 Å². The number of aromatic amines is 1. The van der Waals surface area contributed by atoms with Gasteiger partial charge in [0.1, 0.15) is 23.6 Å². The van der Waals surface area contributed by atoms with E-state index in [-0.39, 0.29) is 5.91 Å². The second-order valence-electron chi connectivity index (χ2n) is 5.36. The van der Waals surface area contributed by atoms with Gasteiger partial charge in [-0.25, -0.2) is 4.98 Å². The fraction of sp³-hybridized carbons (Fsp3) is 0.250. The van der Waals surface area contributed by atoms with Crippen LogP contribution in [0.1, 0.15) is 16.3 Å². The van der Waals surface area contributed by atoms with Crippen LogP contribution in [0.3, 0.4) is 0 Å². The Balaban J connectivity index is 1.76. The number of nitrogens with zero attached hydrogens (tertiary/aromatic N) is 5. The average molecular weight is 326 g/mol. The van der Waals surface area contributed by atoms with Gasteiger partial charge in [0, 0.05) is 19.7 Å². The molecule has 3 aromatic rings. The molecule has 124 valence electrons. The van der Waals surface area contributed by atoms with Gasteiger partial charge < -0.3 is 9.64 Å². The maximum absolute atomic E-state index is 12.5. The molecule has 8 heteroatoms. The number of carbonyl (C=O) groups excluding carboxylic acids is 1. The minimum absolute atomic E-state index is 0.167. The molecule has 0 aliphatic carbocycles. The van der Waals surface area contributed by atoms with Crippen LogP contribution in [0.2, 0.25) is 0 Å². The SMILES string of the molecule is COc1cccc(-c2cc(C(=O)N(C)Cc3ncnn3C)[nH]n2)c1. The van der Waals surface area contributed by atoms with Crippen LogP contribution in [0.4, 0.5) is 0 Å². The first-order chi connectivity index (χ1) is 11.6. The molecule has 0 saturated carbocycles. The zero-order valence-corrected chi connectivity index (χ0v) is 13.7. The van der Waals surface area contributed by atoms with E-state index in [0.717, 1.165) is 11.3 Å². The first-order valence-corrected chi connectivity index (χ1v) is 7.36. The van der Waals surface area contributed by atoms with Crippen molar-refractivity contribution in [2.24, 2.45) is 7.05 Å². The van der Waals surface area contributed by atoms with E-state index >= 15 is 0 Å². The van der Waals surface area contributed by atoms with Gasteiger partial charge in [0.2, 0.25) is 0 Å². The van der Waals surface area contributed by atoms with Gasteiger partial charge in [0.15, 0.2) is 0 Å². The number of ether oxygens (including phenoxy) is 1. The summed E-state index contributed by atoms with van der Waals surface area (Å²) in [5.41, 5.74) is 1.97. The molecule has 1 aromatic carbocycles. The first-order valence-electron chi connectivity index (χ1n) is 7.36. The first kappa shape index (κ1) is 15.7. The van der Waals surface area contributed by atoms with E-state index in [9.17, 15) is 4.79 Å². The maximum atomic E-state index is 12.5. The van der Waals surface area contributed by atoms with Crippen LogP contribution in [0.5, 0.6) is 5.75 Å². The van der Waals surface area contributed by atoms with Gasteiger partial charge in [0.25, 0.3) is 5.91 Å². The van der Waals surface area contributed by atoms with E-state index < -0.39 is 0 Å². The number of rotatable bonds is 5. The molecule has 0 spiro atoms. The number of H-pyrrole nitrogens is 1. The van der Waals surface area contributed by atoms with Crippen LogP contribution in [0, 0.1) is 0 Å². The summed E-state index contributed by atoms with van der Waals surface area (Å²) >= 11 is 0. The Morgan fingerprint density at radius 1 is 1.38 bits per heavy atom. The molecule has 8 nitrogen and oxygen atoms in total. The molecule has 2 heterocycles. The van der Waals surface area contributed by atoms with Crippen molar-refractivity contribution in [3.05, 3.63) is 48.2 Å². The molecule has 0 aliphatic rings. The Morgan fingerprint density at radius 3 is 2.92 bits per heavy atom. The van der Waals surface area contributed by atoms with Crippen molar-refractivity contribution >= 4 is 5.91 Å². The number of benzene rings is 1. The van der Waals surface area contributed by atoms with E-state index in [1.807, 2.05) is 24.3 Å². The van der Waals surface area contributed by atoms with Crippen molar-refractivity contribution in [1.29, 1.82) is 0 Å². The summed E-state index contributed by atoms with van der Waals surface area (Å²) in [7, 11) is 5.11. The van der Waals surface area contributed by atoms with Crippen LogP contribution < -0.4 is 4.74 Å². The fourth-order valence-electron chi connectivity index (χ4n) is 2.31. The molecular weight excluding hydrogens is 308 g/mol. The molecule has 2 aromatic heterocycles. The lowest BCUT2D eigenvalue weighted by Gasteiger charge is -2.15. The molecule has 0 radical (unpaired) electrons. The number of aryl methyl sites for hydroxylation is 1. The summed E-state index contributed by atoms with van der Waals surface area (Å²) in [6.07, 6.45) is 1.46. The third-order valence-electron chi connectivity index (χ3n) is 3.70. The topological polar surface area (TPSA) is 88.9 Å². The Labute approximate surface area is 139 Å². The predicted molar refractivity (Wildman–Crippen MR) is 87.4 cm³/mol. The van der Waals surface area contributed by atoms with Crippen LogP contribution in [-0.4, -0.2) is 49.9 Å². The Hall–Kier alpha value is -3.16. The highest BCUT2D eigenvalue weighted by molar-refractivity contribution is 5.93. The lowest BCUT2D eigenvalue weighted by molar-refractivity contribution is 0.0774.